The van der Waals surface area contributed by atoms with Crippen molar-refractivity contribution in [2.45, 2.75) is 0 Å². The van der Waals surface area contributed by atoms with Crippen molar-refractivity contribution in [3.8, 4) is 56.3 Å². The van der Waals surface area contributed by atoms with Gasteiger partial charge in [0.05, 0.1) is 22.6 Å². The predicted octanol–water partition coefficient (Wildman–Crippen LogP) is 15.2. The Kier molecular flexibility index (Phi) is 7.72. The minimum atomic E-state index is 0.677. The molecule has 0 N–H and O–H groups in total. The summed E-state index contributed by atoms with van der Waals surface area (Å²) in [5.74, 6) is 0.677. The second kappa shape index (κ2) is 13.6. The van der Waals surface area contributed by atoms with Crippen LogP contribution in [0.1, 0.15) is 0 Å². The van der Waals surface area contributed by atoms with Crippen LogP contribution >= 0.6 is 11.3 Å². The fourth-order valence-corrected chi connectivity index (χ4v) is 10.1. The highest BCUT2D eigenvalue weighted by Crippen LogP contribution is 2.46. The third kappa shape index (κ3) is 5.53. The molecule has 0 aliphatic heterocycles. The molecule has 3 nitrogen and oxygen atoms in total. The monoisotopic (exact) mass is 767 g/mol. The van der Waals surface area contributed by atoms with Gasteiger partial charge in [0.25, 0.3) is 0 Å². The number of aromatic nitrogens is 3. The Balaban J connectivity index is 1.09. The molecule has 0 spiro atoms. The maximum absolute atomic E-state index is 5.70. The smallest absolute Gasteiger partial charge is 0.160 e. The Bertz CT molecular complexity index is 3520. The lowest BCUT2D eigenvalue weighted by atomic mass is 9.91. The highest BCUT2D eigenvalue weighted by Gasteiger charge is 2.20. The summed E-state index contributed by atoms with van der Waals surface area (Å²) >= 11 is 1.84. The SMILES string of the molecule is c1ccc(-c2cc(-c3ccccc3)nc(-c3cccc(-c4nc5c(-c6ccc7c8ccccc8c8ccccc8c7c6)cccc5c5sc6ccccc6c45)c3)n2)cc1. The highest BCUT2D eigenvalue weighted by atomic mass is 32.1. The van der Waals surface area contributed by atoms with Gasteiger partial charge in [-0.1, -0.05) is 176 Å². The minimum absolute atomic E-state index is 0.677. The quantitative estimate of drug-likeness (QED) is 0.164. The molecule has 0 aliphatic rings. The first-order valence-corrected chi connectivity index (χ1v) is 20.8. The molecule has 0 saturated heterocycles. The number of pyridine rings is 1. The van der Waals surface area contributed by atoms with E-state index < -0.39 is 0 Å². The lowest BCUT2D eigenvalue weighted by Crippen LogP contribution is -1.96. The summed E-state index contributed by atoms with van der Waals surface area (Å²) in [6.07, 6.45) is 0. The van der Waals surface area contributed by atoms with Gasteiger partial charge in [-0.3, -0.25) is 0 Å². The standard InChI is InChI=1S/C55H33N3S/c1-3-15-34(16-4-1)48-33-49(35-17-5-2-6-18-35)57-55(56-48)38-20-13-19-37(31-38)52-51-45-25-11-12-28-50(45)59-54(51)46-27-14-26-39(53(46)58-52)36-29-30-44-42-23-8-7-21-40(42)41-22-9-10-24-43(41)47(44)32-36/h1-33H. The van der Waals surface area contributed by atoms with Crippen LogP contribution in [-0.4, -0.2) is 15.0 Å². The van der Waals surface area contributed by atoms with Gasteiger partial charge in [-0.2, -0.15) is 0 Å². The molecule has 3 aromatic heterocycles. The van der Waals surface area contributed by atoms with Crippen molar-refractivity contribution in [1.82, 2.24) is 15.0 Å². The van der Waals surface area contributed by atoms with Crippen LogP contribution in [0, 0.1) is 0 Å². The lowest BCUT2D eigenvalue weighted by Gasteiger charge is -2.14. The number of nitrogens with zero attached hydrogens (tertiary/aromatic N) is 3. The molecule has 0 unspecified atom stereocenters. The van der Waals surface area contributed by atoms with Gasteiger partial charge in [0, 0.05) is 53.4 Å². The van der Waals surface area contributed by atoms with Crippen molar-refractivity contribution >= 4 is 74.7 Å². The first-order valence-electron chi connectivity index (χ1n) is 19.9. The van der Waals surface area contributed by atoms with Crippen molar-refractivity contribution in [1.29, 1.82) is 0 Å². The van der Waals surface area contributed by atoms with Gasteiger partial charge in [-0.15, -0.1) is 11.3 Å². The molecule has 59 heavy (non-hydrogen) atoms. The van der Waals surface area contributed by atoms with Crippen LogP contribution < -0.4 is 0 Å². The van der Waals surface area contributed by atoms with Crippen molar-refractivity contribution in [2.75, 3.05) is 0 Å². The predicted molar refractivity (Wildman–Crippen MR) is 250 cm³/mol. The summed E-state index contributed by atoms with van der Waals surface area (Å²) < 4.78 is 2.49. The van der Waals surface area contributed by atoms with E-state index in [0.717, 1.165) is 61.4 Å². The topological polar surface area (TPSA) is 38.7 Å². The van der Waals surface area contributed by atoms with E-state index in [2.05, 4.69) is 188 Å². The van der Waals surface area contributed by atoms with Crippen molar-refractivity contribution in [3.05, 3.63) is 200 Å². The zero-order valence-corrected chi connectivity index (χ0v) is 32.6. The van der Waals surface area contributed by atoms with E-state index in [4.69, 9.17) is 15.0 Å². The molecule has 4 heteroatoms. The van der Waals surface area contributed by atoms with E-state index in [1.54, 1.807) is 0 Å². The molecule has 0 radical (unpaired) electrons. The van der Waals surface area contributed by atoms with E-state index in [1.807, 2.05) is 23.5 Å². The van der Waals surface area contributed by atoms with Crippen molar-refractivity contribution < 1.29 is 0 Å². The Morgan fingerprint density at radius 2 is 0.847 bits per heavy atom. The van der Waals surface area contributed by atoms with E-state index >= 15 is 0 Å². The van der Waals surface area contributed by atoms with Gasteiger partial charge >= 0.3 is 0 Å². The number of thiophene rings is 1. The third-order valence-electron chi connectivity index (χ3n) is 11.7. The van der Waals surface area contributed by atoms with Gasteiger partial charge < -0.3 is 0 Å². The molecule has 274 valence electrons. The Hall–Kier alpha value is -7.53. The molecule has 0 amide bonds. The van der Waals surface area contributed by atoms with Gasteiger partial charge in [-0.05, 0) is 62.1 Å². The summed E-state index contributed by atoms with van der Waals surface area (Å²) in [4.78, 5) is 16.0. The molecule has 0 atom stereocenters. The van der Waals surface area contributed by atoms with E-state index in [9.17, 15) is 0 Å². The van der Waals surface area contributed by atoms with E-state index in [1.165, 1.54) is 52.5 Å². The molecule has 0 fully saturated rings. The lowest BCUT2D eigenvalue weighted by molar-refractivity contribution is 1.18. The molecule has 12 rings (SSSR count). The molecular weight excluding hydrogens is 735 g/mol. The van der Waals surface area contributed by atoms with Crippen molar-refractivity contribution in [3.63, 3.8) is 0 Å². The number of hydrogen-bond acceptors (Lipinski definition) is 4. The Morgan fingerprint density at radius 1 is 0.322 bits per heavy atom. The van der Waals surface area contributed by atoms with E-state index in [-0.39, 0.29) is 0 Å². The zero-order valence-electron chi connectivity index (χ0n) is 31.8. The normalized spacial score (nSPS) is 11.7. The van der Waals surface area contributed by atoms with Crippen LogP contribution in [0.25, 0.3) is 120 Å². The number of benzene rings is 9. The fourth-order valence-electron chi connectivity index (χ4n) is 8.90. The van der Waals surface area contributed by atoms with Gasteiger partial charge in [0.1, 0.15) is 0 Å². The summed E-state index contributed by atoms with van der Waals surface area (Å²) in [6.45, 7) is 0. The van der Waals surface area contributed by atoms with Crippen LogP contribution in [0.2, 0.25) is 0 Å². The molecule has 0 aliphatic carbocycles. The second-order valence-electron chi connectivity index (χ2n) is 15.1. The van der Waals surface area contributed by atoms with Gasteiger partial charge in [0.2, 0.25) is 0 Å². The number of fused-ring (bicyclic) bond motifs is 11. The number of para-hydroxylation sites is 1. The molecule has 0 bridgehead atoms. The molecular formula is C55H33N3S. The van der Waals surface area contributed by atoms with Crippen LogP contribution in [-0.2, 0) is 0 Å². The minimum Gasteiger partial charge on any atom is -0.246 e. The zero-order chi connectivity index (χ0) is 38.9. The second-order valence-corrected chi connectivity index (χ2v) is 16.1. The first kappa shape index (κ1) is 33.6. The van der Waals surface area contributed by atoms with Crippen molar-refractivity contribution in [2.24, 2.45) is 0 Å². The number of rotatable bonds is 5. The molecule has 9 aromatic carbocycles. The number of hydrogen-bond donors (Lipinski definition) is 0. The van der Waals surface area contributed by atoms with E-state index in [0.29, 0.717) is 5.82 Å². The molecule has 3 heterocycles. The summed E-state index contributed by atoms with van der Waals surface area (Å²) in [6, 6.07) is 71.3. The maximum atomic E-state index is 5.70. The van der Waals surface area contributed by atoms with Gasteiger partial charge in [0.15, 0.2) is 5.82 Å². The van der Waals surface area contributed by atoms with Crippen LogP contribution in [0.4, 0.5) is 0 Å². The fraction of sp³-hybridized carbons (Fsp3) is 0. The van der Waals surface area contributed by atoms with Gasteiger partial charge in [-0.25, -0.2) is 15.0 Å². The molecule has 0 saturated carbocycles. The average Bonchev–Trinajstić information content (AvgIpc) is 3.72. The first-order chi connectivity index (χ1) is 29.2. The largest absolute Gasteiger partial charge is 0.246 e. The highest BCUT2D eigenvalue weighted by molar-refractivity contribution is 7.26. The van der Waals surface area contributed by atoms with Crippen LogP contribution in [0.3, 0.4) is 0 Å². The summed E-state index contributed by atoms with van der Waals surface area (Å²) in [7, 11) is 0. The maximum Gasteiger partial charge on any atom is 0.160 e. The van der Waals surface area contributed by atoms with Crippen LogP contribution in [0.5, 0.6) is 0 Å². The van der Waals surface area contributed by atoms with Crippen LogP contribution in [0.15, 0.2) is 200 Å². The summed E-state index contributed by atoms with van der Waals surface area (Å²) in [5, 5.41) is 11.1. The molecule has 12 aromatic rings. The Morgan fingerprint density at radius 3 is 1.53 bits per heavy atom. The third-order valence-corrected chi connectivity index (χ3v) is 12.9. The Labute approximate surface area is 344 Å². The average molecular weight is 768 g/mol. The summed E-state index contributed by atoms with van der Waals surface area (Å²) in [5.41, 5.74) is 10.0.